The standard InChI is InChI=1S/C11H11N3O3/c1-16-10(15)8-4-3-6-12-9(8)11(17-2)5-7-13-14-11/h3-7H,1-2H3. The molecule has 0 radical (unpaired) electrons. The van der Waals surface area contributed by atoms with E-state index in [1.807, 2.05) is 0 Å². The molecule has 2 rings (SSSR count). The molecule has 0 fully saturated rings. The third-order valence-electron chi connectivity index (χ3n) is 2.44. The molecule has 2 heterocycles. The van der Waals surface area contributed by atoms with Crippen LogP contribution in [0.25, 0.3) is 0 Å². The first-order valence-electron chi connectivity index (χ1n) is 4.92. The van der Waals surface area contributed by atoms with Gasteiger partial charge in [-0.05, 0) is 18.2 Å². The minimum Gasteiger partial charge on any atom is -0.465 e. The molecule has 0 aromatic carbocycles. The van der Waals surface area contributed by atoms with Crippen LogP contribution in [0.5, 0.6) is 0 Å². The van der Waals surface area contributed by atoms with Crippen molar-refractivity contribution in [3.63, 3.8) is 0 Å². The van der Waals surface area contributed by atoms with Crippen molar-refractivity contribution in [3.05, 3.63) is 41.9 Å². The lowest BCUT2D eigenvalue weighted by atomic mass is 10.0. The van der Waals surface area contributed by atoms with Crippen LogP contribution in [0.3, 0.4) is 0 Å². The van der Waals surface area contributed by atoms with Crippen LogP contribution in [0.15, 0.2) is 40.8 Å². The fourth-order valence-electron chi connectivity index (χ4n) is 1.58. The molecular formula is C11H11N3O3. The van der Waals surface area contributed by atoms with Crippen LogP contribution in [0.4, 0.5) is 0 Å². The van der Waals surface area contributed by atoms with Gasteiger partial charge in [-0.2, -0.15) is 5.11 Å². The first kappa shape index (κ1) is 11.4. The van der Waals surface area contributed by atoms with Gasteiger partial charge in [-0.1, -0.05) is 0 Å². The van der Waals surface area contributed by atoms with Gasteiger partial charge < -0.3 is 9.47 Å². The largest absolute Gasteiger partial charge is 0.465 e. The van der Waals surface area contributed by atoms with E-state index in [1.165, 1.54) is 20.4 Å². The van der Waals surface area contributed by atoms with Crippen LogP contribution < -0.4 is 0 Å². The number of azo groups is 1. The number of carbonyl (C=O) groups excluding carboxylic acids is 1. The smallest absolute Gasteiger partial charge is 0.339 e. The van der Waals surface area contributed by atoms with Crippen LogP contribution in [0.1, 0.15) is 16.1 Å². The number of methoxy groups -OCH3 is 2. The minimum atomic E-state index is -1.13. The first-order valence-corrected chi connectivity index (χ1v) is 4.92. The summed E-state index contributed by atoms with van der Waals surface area (Å²) in [6, 6.07) is 3.26. The summed E-state index contributed by atoms with van der Waals surface area (Å²) in [6.45, 7) is 0. The maximum atomic E-state index is 11.6. The average molecular weight is 233 g/mol. The van der Waals surface area contributed by atoms with Gasteiger partial charge in [-0.3, -0.25) is 4.98 Å². The Bertz CT molecular complexity index is 484. The van der Waals surface area contributed by atoms with Gasteiger partial charge in [0, 0.05) is 13.3 Å². The van der Waals surface area contributed by atoms with Gasteiger partial charge in [-0.15, -0.1) is 5.11 Å². The Kier molecular flexibility index (Phi) is 2.97. The summed E-state index contributed by atoms with van der Waals surface area (Å²) in [5.41, 5.74) is -0.459. The van der Waals surface area contributed by atoms with Gasteiger partial charge in [0.25, 0.3) is 0 Å². The Hall–Kier alpha value is -2.08. The summed E-state index contributed by atoms with van der Waals surface area (Å²) in [4.78, 5) is 15.8. The van der Waals surface area contributed by atoms with Crippen molar-refractivity contribution in [2.75, 3.05) is 14.2 Å². The monoisotopic (exact) mass is 233 g/mol. The van der Waals surface area contributed by atoms with Gasteiger partial charge >= 0.3 is 5.97 Å². The lowest BCUT2D eigenvalue weighted by molar-refractivity contribution is 0.0290. The molecule has 0 aliphatic carbocycles. The Labute approximate surface area is 98.0 Å². The van der Waals surface area contributed by atoms with Crippen LogP contribution in [0.2, 0.25) is 0 Å². The van der Waals surface area contributed by atoms with E-state index in [-0.39, 0.29) is 0 Å². The zero-order valence-electron chi connectivity index (χ0n) is 9.45. The van der Waals surface area contributed by atoms with Gasteiger partial charge in [0.2, 0.25) is 5.72 Å². The van der Waals surface area contributed by atoms with Crippen LogP contribution >= 0.6 is 0 Å². The van der Waals surface area contributed by atoms with E-state index in [2.05, 4.69) is 15.2 Å². The number of nitrogens with zero attached hydrogens (tertiary/aromatic N) is 3. The van der Waals surface area contributed by atoms with Gasteiger partial charge in [-0.25, -0.2) is 4.79 Å². The summed E-state index contributed by atoms with van der Waals surface area (Å²) in [5.74, 6) is -0.486. The molecule has 1 aliphatic rings. The Morgan fingerprint density at radius 3 is 2.82 bits per heavy atom. The SMILES string of the molecule is COC(=O)c1cccnc1C1(OC)C=CN=N1. The molecule has 0 saturated heterocycles. The van der Waals surface area contributed by atoms with E-state index in [0.717, 1.165) is 0 Å². The lowest BCUT2D eigenvalue weighted by Gasteiger charge is -2.21. The highest BCUT2D eigenvalue weighted by Crippen LogP contribution is 2.33. The molecule has 1 unspecified atom stereocenters. The van der Waals surface area contributed by atoms with Crippen LogP contribution in [-0.4, -0.2) is 25.2 Å². The Morgan fingerprint density at radius 1 is 1.41 bits per heavy atom. The zero-order chi connectivity index (χ0) is 12.3. The highest BCUT2D eigenvalue weighted by Gasteiger charge is 2.37. The molecule has 1 aromatic heterocycles. The van der Waals surface area contributed by atoms with Crippen LogP contribution in [0, 0.1) is 0 Å². The number of hydrogen-bond donors (Lipinski definition) is 0. The number of aromatic nitrogens is 1. The van der Waals surface area contributed by atoms with E-state index >= 15 is 0 Å². The zero-order valence-corrected chi connectivity index (χ0v) is 9.45. The highest BCUT2D eigenvalue weighted by molar-refractivity contribution is 5.90. The molecule has 1 aromatic rings. The summed E-state index contributed by atoms with van der Waals surface area (Å²) in [6.07, 6.45) is 4.69. The van der Waals surface area contributed by atoms with Gasteiger partial charge in [0.1, 0.15) is 5.69 Å². The third-order valence-corrected chi connectivity index (χ3v) is 2.44. The summed E-state index contributed by atoms with van der Waals surface area (Å²) >= 11 is 0. The first-order chi connectivity index (χ1) is 8.23. The number of carbonyl (C=O) groups is 1. The number of esters is 1. The number of hydrogen-bond acceptors (Lipinski definition) is 6. The topological polar surface area (TPSA) is 73.1 Å². The van der Waals surface area contributed by atoms with Crippen molar-refractivity contribution >= 4 is 5.97 Å². The lowest BCUT2D eigenvalue weighted by Crippen LogP contribution is -2.26. The second-order valence-electron chi connectivity index (χ2n) is 3.32. The molecule has 17 heavy (non-hydrogen) atoms. The molecular weight excluding hydrogens is 222 g/mol. The van der Waals surface area contributed by atoms with Crippen molar-refractivity contribution in [2.45, 2.75) is 5.72 Å². The quantitative estimate of drug-likeness (QED) is 0.744. The molecule has 1 aliphatic heterocycles. The van der Waals surface area contributed by atoms with Crippen molar-refractivity contribution in [1.82, 2.24) is 4.98 Å². The van der Waals surface area contributed by atoms with Gasteiger partial charge in [0.15, 0.2) is 0 Å². The van der Waals surface area contributed by atoms with E-state index in [4.69, 9.17) is 9.47 Å². The van der Waals surface area contributed by atoms with E-state index < -0.39 is 11.7 Å². The van der Waals surface area contributed by atoms with E-state index in [1.54, 1.807) is 24.4 Å². The summed E-state index contributed by atoms with van der Waals surface area (Å²) in [5, 5.41) is 7.69. The summed E-state index contributed by atoms with van der Waals surface area (Å²) < 4.78 is 10.00. The molecule has 0 N–H and O–H groups in total. The molecule has 1 atom stereocenters. The van der Waals surface area contributed by atoms with Crippen molar-refractivity contribution in [2.24, 2.45) is 10.2 Å². The normalized spacial score (nSPS) is 21.8. The maximum Gasteiger partial charge on any atom is 0.339 e. The predicted octanol–water partition coefficient (Wildman–Crippen LogP) is 1.65. The molecule has 0 saturated carbocycles. The molecule has 0 amide bonds. The average Bonchev–Trinajstić information content (AvgIpc) is 2.88. The predicted molar refractivity (Wildman–Crippen MR) is 58.3 cm³/mol. The van der Waals surface area contributed by atoms with Gasteiger partial charge in [0.05, 0.1) is 18.9 Å². The molecule has 6 nitrogen and oxygen atoms in total. The second-order valence-corrected chi connectivity index (χ2v) is 3.32. The Balaban J connectivity index is 2.55. The fourth-order valence-corrected chi connectivity index (χ4v) is 1.58. The maximum absolute atomic E-state index is 11.6. The van der Waals surface area contributed by atoms with Crippen LogP contribution in [-0.2, 0) is 15.2 Å². The number of pyridine rings is 1. The van der Waals surface area contributed by atoms with Crippen molar-refractivity contribution in [1.29, 1.82) is 0 Å². The fraction of sp³-hybridized carbons (Fsp3) is 0.273. The number of ether oxygens (including phenoxy) is 2. The van der Waals surface area contributed by atoms with E-state index in [9.17, 15) is 4.79 Å². The molecule has 0 spiro atoms. The van der Waals surface area contributed by atoms with Crippen molar-refractivity contribution in [3.8, 4) is 0 Å². The van der Waals surface area contributed by atoms with Crippen molar-refractivity contribution < 1.29 is 14.3 Å². The Morgan fingerprint density at radius 2 is 2.24 bits per heavy atom. The summed E-state index contributed by atoms with van der Waals surface area (Å²) in [7, 11) is 2.79. The molecule has 6 heteroatoms. The highest BCUT2D eigenvalue weighted by atomic mass is 16.5. The van der Waals surface area contributed by atoms with E-state index in [0.29, 0.717) is 11.3 Å². The molecule has 0 bridgehead atoms. The minimum absolute atomic E-state index is 0.308. The third kappa shape index (κ3) is 1.83. The second kappa shape index (κ2) is 4.42. The number of rotatable bonds is 3. The molecule has 88 valence electrons.